The Hall–Kier alpha value is -5.76. The van der Waals surface area contributed by atoms with Crippen LogP contribution in [0.3, 0.4) is 0 Å². The second-order valence-electron chi connectivity index (χ2n) is 16.2. The highest BCUT2D eigenvalue weighted by Gasteiger charge is 2.50. The first-order valence-electron chi connectivity index (χ1n) is 20.3. The van der Waals surface area contributed by atoms with E-state index in [2.05, 4.69) is 26.5 Å². The summed E-state index contributed by atoms with van der Waals surface area (Å²) in [7, 11) is 0. The van der Waals surface area contributed by atoms with E-state index in [1.807, 2.05) is 65.4 Å². The van der Waals surface area contributed by atoms with Crippen molar-refractivity contribution < 1.29 is 28.7 Å². The summed E-state index contributed by atoms with van der Waals surface area (Å²) in [5.74, 6) is 0.389. The van der Waals surface area contributed by atoms with Crippen molar-refractivity contribution in [2.75, 3.05) is 44.6 Å². The zero-order chi connectivity index (χ0) is 39.2. The predicted octanol–water partition coefficient (Wildman–Crippen LogP) is 4.23. The number of anilines is 1. The number of allylic oxidation sites excluding steroid dienone is 2. The van der Waals surface area contributed by atoms with Crippen molar-refractivity contribution >= 4 is 35.4 Å². The number of carbonyl (C=O) groups is 5. The maximum absolute atomic E-state index is 13.4. The van der Waals surface area contributed by atoms with Gasteiger partial charge in [-0.1, -0.05) is 24.3 Å². The second-order valence-corrected chi connectivity index (χ2v) is 16.2. The third kappa shape index (κ3) is 7.11. The number of hydrogen-bond donors (Lipinski definition) is 3. The van der Waals surface area contributed by atoms with Crippen molar-refractivity contribution in [2.45, 2.75) is 63.5 Å². The summed E-state index contributed by atoms with van der Waals surface area (Å²) in [6, 6.07) is 16.5. The molecule has 1 aliphatic carbocycles. The number of benzene rings is 2. The number of fused-ring (bicyclic) bond motifs is 2. The van der Waals surface area contributed by atoms with Gasteiger partial charge in [-0.2, -0.15) is 5.10 Å². The Bertz CT molecular complexity index is 2150. The summed E-state index contributed by atoms with van der Waals surface area (Å²) in [6.45, 7) is 5.60. The second kappa shape index (κ2) is 15.3. The van der Waals surface area contributed by atoms with Crippen LogP contribution in [-0.2, 0) is 19.2 Å². The average Bonchev–Trinajstić information content (AvgIpc) is 3.74. The number of rotatable bonds is 9. The number of primary amides is 1. The lowest BCUT2D eigenvalue weighted by atomic mass is 9.86. The molecule has 4 saturated heterocycles. The highest BCUT2D eigenvalue weighted by atomic mass is 16.5. The fraction of sp³-hybridized carbons (Fsp3) is 0.442. The Kier molecular flexibility index (Phi) is 9.89. The summed E-state index contributed by atoms with van der Waals surface area (Å²) in [5.41, 5.74) is 9.24. The standard InChI is InChI=1S/C43H48N8O6/c44-39(53)37-38(28-6-9-31(10-7-28)57-30-4-2-1-3-5-30)47-51-34(14-19-45-40(37)51)27-17-20-48(21-18-27)25-26-15-22-49(23-16-26)29-8-11-32-33(24-29)43(56)50(42(32)55)35-12-13-36(52)46-41(35)54/h1-10,24,26-27,32,34-35,45H,11-23,25H2,(H2,44,53)(H,46,52,54)/t32?,34-,35?/m0/s1. The largest absolute Gasteiger partial charge is 0.457 e. The molecule has 3 atom stereocenters. The molecular formula is C43H48N8O6. The molecule has 0 saturated carbocycles. The monoisotopic (exact) mass is 772 g/mol. The van der Waals surface area contributed by atoms with E-state index < -0.39 is 29.7 Å². The van der Waals surface area contributed by atoms with Gasteiger partial charge in [0.2, 0.25) is 17.7 Å². The number of hydrogen-bond acceptors (Lipinski definition) is 10. The van der Waals surface area contributed by atoms with Crippen molar-refractivity contribution in [2.24, 2.45) is 23.5 Å². The molecular weight excluding hydrogens is 725 g/mol. The number of imide groups is 2. The number of nitrogens with one attached hydrogen (secondary N) is 2. The summed E-state index contributed by atoms with van der Waals surface area (Å²) in [5, 5.41) is 10.8. The van der Waals surface area contributed by atoms with Crippen molar-refractivity contribution in [3.05, 3.63) is 83.6 Å². The number of nitrogens with zero attached hydrogens (tertiary/aromatic N) is 5. The van der Waals surface area contributed by atoms with Crippen LogP contribution in [0.25, 0.3) is 11.3 Å². The van der Waals surface area contributed by atoms with Gasteiger partial charge < -0.3 is 25.6 Å². The minimum absolute atomic E-state index is 0.112. The molecule has 14 heteroatoms. The van der Waals surface area contributed by atoms with E-state index in [9.17, 15) is 24.0 Å². The molecule has 4 N–H and O–H groups in total. The van der Waals surface area contributed by atoms with Gasteiger partial charge in [0.05, 0.1) is 12.0 Å². The van der Waals surface area contributed by atoms with Gasteiger partial charge in [0.1, 0.15) is 34.6 Å². The summed E-state index contributed by atoms with van der Waals surface area (Å²) < 4.78 is 8.01. The lowest BCUT2D eigenvalue weighted by molar-refractivity contribution is -0.150. The number of aromatic nitrogens is 2. The molecule has 1 aromatic heterocycles. The molecule has 0 spiro atoms. The van der Waals surface area contributed by atoms with E-state index in [1.54, 1.807) is 0 Å². The van der Waals surface area contributed by atoms with Gasteiger partial charge in [0.15, 0.2) is 0 Å². The zero-order valence-electron chi connectivity index (χ0n) is 31.9. The fourth-order valence-corrected chi connectivity index (χ4v) is 9.72. The van der Waals surface area contributed by atoms with Crippen LogP contribution in [0.15, 0.2) is 78.0 Å². The molecule has 6 aliphatic rings. The molecule has 0 radical (unpaired) electrons. The fourth-order valence-electron chi connectivity index (χ4n) is 9.72. The summed E-state index contributed by atoms with van der Waals surface area (Å²) in [6.07, 6.45) is 9.75. The predicted molar refractivity (Wildman–Crippen MR) is 211 cm³/mol. The van der Waals surface area contributed by atoms with Gasteiger partial charge in [-0.15, -0.1) is 0 Å². The number of nitrogens with two attached hydrogens (primary N) is 1. The average molecular weight is 773 g/mol. The van der Waals surface area contributed by atoms with E-state index in [1.165, 1.54) is 0 Å². The molecule has 9 rings (SSSR count). The molecule has 5 amide bonds. The van der Waals surface area contributed by atoms with Crippen LogP contribution in [0.2, 0.25) is 0 Å². The minimum atomic E-state index is -0.931. The molecule has 2 unspecified atom stereocenters. The molecule has 57 heavy (non-hydrogen) atoms. The van der Waals surface area contributed by atoms with Crippen LogP contribution in [0.5, 0.6) is 11.5 Å². The Balaban J connectivity index is 0.790. The molecule has 6 heterocycles. The first-order chi connectivity index (χ1) is 27.7. The number of ether oxygens (including phenoxy) is 1. The smallest absolute Gasteiger partial charge is 0.258 e. The Morgan fingerprint density at radius 2 is 1.61 bits per heavy atom. The maximum atomic E-state index is 13.4. The normalized spacial score (nSPS) is 24.7. The number of likely N-dealkylation sites (tertiary alicyclic amines) is 3. The first kappa shape index (κ1) is 36.9. The Morgan fingerprint density at radius 1 is 0.877 bits per heavy atom. The molecule has 3 aromatic rings. The van der Waals surface area contributed by atoms with Crippen molar-refractivity contribution in [3.63, 3.8) is 0 Å². The van der Waals surface area contributed by atoms with E-state index in [4.69, 9.17) is 15.6 Å². The van der Waals surface area contributed by atoms with Gasteiger partial charge >= 0.3 is 0 Å². The van der Waals surface area contributed by atoms with E-state index in [0.717, 1.165) is 93.3 Å². The van der Waals surface area contributed by atoms with Crippen LogP contribution < -0.4 is 21.1 Å². The lowest BCUT2D eigenvalue weighted by Gasteiger charge is -2.41. The highest BCUT2D eigenvalue weighted by Crippen LogP contribution is 2.41. The highest BCUT2D eigenvalue weighted by molar-refractivity contribution is 6.18. The van der Waals surface area contributed by atoms with Gasteiger partial charge in [0.25, 0.3) is 11.8 Å². The van der Waals surface area contributed by atoms with Crippen LogP contribution in [0.4, 0.5) is 5.82 Å². The maximum Gasteiger partial charge on any atom is 0.258 e. The SMILES string of the molecule is NC(=O)c1c(-c2ccc(Oc3ccccc3)cc2)nn2c1NCC[C@H]2C1CCN(CC2CCN(C3=CCC4C(=O)N(C5CCC(=O)NC5=O)C(=O)C4=C3)CC2)CC1. The molecule has 5 aliphatic heterocycles. The Morgan fingerprint density at radius 3 is 2.33 bits per heavy atom. The number of piperidine rings is 3. The van der Waals surface area contributed by atoms with Gasteiger partial charge in [-0.3, -0.25) is 34.2 Å². The summed E-state index contributed by atoms with van der Waals surface area (Å²) in [4.78, 5) is 69.6. The number of amides is 5. The molecule has 0 bridgehead atoms. The zero-order valence-corrected chi connectivity index (χ0v) is 31.9. The number of carbonyl (C=O) groups excluding carboxylic acids is 5. The minimum Gasteiger partial charge on any atom is -0.457 e. The quantitative estimate of drug-likeness (QED) is 0.268. The molecule has 14 nitrogen and oxygen atoms in total. The van der Waals surface area contributed by atoms with Crippen LogP contribution in [0.1, 0.15) is 67.8 Å². The Labute approximate surface area is 331 Å². The molecule has 4 fully saturated rings. The molecule has 296 valence electrons. The summed E-state index contributed by atoms with van der Waals surface area (Å²) >= 11 is 0. The van der Waals surface area contributed by atoms with Crippen LogP contribution in [-0.4, -0.2) is 99.3 Å². The van der Waals surface area contributed by atoms with E-state index in [-0.39, 0.29) is 30.7 Å². The first-order valence-corrected chi connectivity index (χ1v) is 20.3. The van der Waals surface area contributed by atoms with Crippen molar-refractivity contribution in [3.8, 4) is 22.8 Å². The van der Waals surface area contributed by atoms with Gasteiger partial charge in [-0.25, -0.2) is 4.68 Å². The topological polar surface area (TPSA) is 172 Å². The van der Waals surface area contributed by atoms with Gasteiger partial charge in [-0.05, 0) is 112 Å². The van der Waals surface area contributed by atoms with Crippen molar-refractivity contribution in [1.82, 2.24) is 29.8 Å². The number of para-hydroxylation sites is 1. The van der Waals surface area contributed by atoms with Crippen LogP contribution in [0, 0.1) is 17.8 Å². The van der Waals surface area contributed by atoms with E-state index >= 15 is 0 Å². The van der Waals surface area contributed by atoms with Crippen LogP contribution >= 0.6 is 0 Å². The van der Waals surface area contributed by atoms with Gasteiger partial charge in [0, 0.05) is 49.4 Å². The third-order valence-corrected chi connectivity index (χ3v) is 12.7. The lowest BCUT2D eigenvalue weighted by Crippen LogP contribution is -2.54. The van der Waals surface area contributed by atoms with E-state index in [0.29, 0.717) is 46.7 Å². The van der Waals surface area contributed by atoms with Crippen molar-refractivity contribution in [1.29, 1.82) is 0 Å². The molecule has 2 aromatic carbocycles. The third-order valence-electron chi connectivity index (χ3n) is 12.7.